The van der Waals surface area contributed by atoms with Gasteiger partial charge in [0.25, 0.3) is 0 Å². The summed E-state index contributed by atoms with van der Waals surface area (Å²) in [5.74, 6) is 1.95. The number of carbonyl (C=O) groups is 1. The van der Waals surface area contributed by atoms with Crippen molar-refractivity contribution in [1.29, 1.82) is 0 Å². The first kappa shape index (κ1) is 14.1. The second kappa shape index (κ2) is 5.27. The van der Waals surface area contributed by atoms with E-state index in [1.807, 2.05) is 12.1 Å². The van der Waals surface area contributed by atoms with Gasteiger partial charge in [0.1, 0.15) is 5.75 Å². The van der Waals surface area contributed by atoms with Crippen LogP contribution in [0.1, 0.15) is 31.2 Å². The van der Waals surface area contributed by atoms with Crippen molar-refractivity contribution in [3.05, 3.63) is 29.8 Å². The van der Waals surface area contributed by atoms with E-state index in [-0.39, 0.29) is 11.3 Å². The second-order valence-corrected chi connectivity index (χ2v) is 7.04. The molecule has 2 fully saturated rings. The first-order valence-corrected chi connectivity index (χ1v) is 8.46. The molecule has 2 heterocycles. The molecule has 1 aromatic rings. The average Bonchev–Trinajstić information content (AvgIpc) is 3.29. The Hall–Kier alpha value is -1.55. The number of amides is 1. The SMILES string of the molecule is NC[C@H]1CCCN(C(=O)[C@@H]2C[C@]23CCOc2ccccc23)C1. The predicted molar refractivity (Wildman–Crippen MR) is 84.7 cm³/mol. The minimum absolute atomic E-state index is 0.0432. The van der Waals surface area contributed by atoms with Gasteiger partial charge in [-0.1, -0.05) is 18.2 Å². The van der Waals surface area contributed by atoms with E-state index in [4.69, 9.17) is 10.5 Å². The number of carbonyl (C=O) groups excluding carboxylic acids is 1. The van der Waals surface area contributed by atoms with Crippen LogP contribution in [-0.4, -0.2) is 37.0 Å². The summed E-state index contributed by atoms with van der Waals surface area (Å²) < 4.78 is 5.77. The minimum Gasteiger partial charge on any atom is -0.493 e. The number of rotatable bonds is 2. The maximum Gasteiger partial charge on any atom is 0.226 e. The lowest BCUT2D eigenvalue weighted by Crippen LogP contribution is -2.43. The standard InChI is InChI=1S/C18H24N2O2/c19-11-13-4-3-8-20(12-13)17(21)15-10-18(15)7-9-22-16-6-2-1-5-14(16)18/h1-2,5-6,13,15H,3-4,7-12,19H2/t13-,15+,18+/m1/s1. The zero-order valence-electron chi connectivity index (χ0n) is 13.0. The lowest BCUT2D eigenvalue weighted by molar-refractivity contribution is -0.134. The van der Waals surface area contributed by atoms with Crippen LogP contribution >= 0.6 is 0 Å². The van der Waals surface area contributed by atoms with E-state index in [1.54, 1.807) is 0 Å². The molecule has 1 amide bonds. The van der Waals surface area contributed by atoms with Crippen LogP contribution in [-0.2, 0) is 10.2 Å². The van der Waals surface area contributed by atoms with Gasteiger partial charge in [-0.05, 0) is 44.2 Å². The van der Waals surface area contributed by atoms with Crippen LogP contribution in [0.4, 0.5) is 0 Å². The van der Waals surface area contributed by atoms with E-state index in [9.17, 15) is 4.79 Å². The molecule has 0 aromatic heterocycles. The quantitative estimate of drug-likeness (QED) is 0.908. The van der Waals surface area contributed by atoms with Crippen molar-refractivity contribution in [3.8, 4) is 5.75 Å². The Bertz CT molecular complexity index is 588. The summed E-state index contributed by atoms with van der Waals surface area (Å²) in [6.07, 6.45) is 4.20. The number of nitrogens with zero attached hydrogens (tertiary/aromatic N) is 1. The first-order chi connectivity index (χ1) is 10.7. The van der Waals surface area contributed by atoms with Crippen LogP contribution in [0.5, 0.6) is 5.75 Å². The maximum absolute atomic E-state index is 12.9. The molecule has 1 saturated carbocycles. The van der Waals surface area contributed by atoms with Crippen molar-refractivity contribution in [2.45, 2.75) is 31.1 Å². The Kier molecular flexibility index (Phi) is 3.37. The number of piperidine rings is 1. The topological polar surface area (TPSA) is 55.6 Å². The Labute approximate surface area is 131 Å². The monoisotopic (exact) mass is 300 g/mol. The van der Waals surface area contributed by atoms with Gasteiger partial charge >= 0.3 is 0 Å². The van der Waals surface area contributed by atoms with E-state index >= 15 is 0 Å². The van der Waals surface area contributed by atoms with Crippen LogP contribution in [0.3, 0.4) is 0 Å². The van der Waals surface area contributed by atoms with E-state index in [0.717, 1.165) is 51.1 Å². The van der Waals surface area contributed by atoms with Gasteiger partial charge in [-0.25, -0.2) is 0 Å². The lowest BCUT2D eigenvalue weighted by Gasteiger charge is -2.33. The molecule has 1 aromatic carbocycles. The third kappa shape index (κ3) is 2.12. The summed E-state index contributed by atoms with van der Waals surface area (Å²) in [5.41, 5.74) is 7.09. The molecule has 2 aliphatic heterocycles. The second-order valence-electron chi connectivity index (χ2n) is 7.04. The molecule has 1 spiro atoms. The number of fused-ring (bicyclic) bond motifs is 2. The van der Waals surface area contributed by atoms with Crippen LogP contribution in [0.15, 0.2) is 24.3 Å². The molecule has 0 unspecified atom stereocenters. The molecule has 4 nitrogen and oxygen atoms in total. The summed E-state index contributed by atoms with van der Waals surface area (Å²) in [6, 6.07) is 8.23. The van der Waals surface area contributed by atoms with Crippen LogP contribution in [0, 0.1) is 11.8 Å². The largest absolute Gasteiger partial charge is 0.493 e. The maximum atomic E-state index is 12.9. The van der Waals surface area contributed by atoms with Crippen LogP contribution in [0.25, 0.3) is 0 Å². The summed E-state index contributed by atoms with van der Waals surface area (Å²) in [7, 11) is 0. The molecular formula is C18H24N2O2. The molecule has 1 saturated heterocycles. The van der Waals surface area contributed by atoms with Gasteiger partial charge in [0.2, 0.25) is 5.91 Å². The summed E-state index contributed by atoms with van der Waals surface area (Å²) >= 11 is 0. The molecule has 4 heteroatoms. The zero-order valence-corrected chi connectivity index (χ0v) is 13.0. The van der Waals surface area contributed by atoms with Gasteiger partial charge in [0.05, 0.1) is 6.61 Å². The highest BCUT2D eigenvalue weighted by atomic mass is 16.5. The molecule has 0 bridgehead atoms. The van der Waals surface area contributed by atoms with Crippen molar-refractivity contribution < 1.29 is 9.53 Å². The lowest BCUT2D eigenvalue weighted by atomic mass is 9.87. The molecule has 2 N–H and O–H groups in total. The molecule has 0 radical (unpaired) electrons. The van der Waals surface area contributed by atoms with Crippen LogP contribution < -0.4 is 10.5 Å². The van der Waals surface area contributed by atoms with Gasteiger partial charge in [-0.15, -0.1) is 0 Å². The number of hydrogen-bond acceptors (Lipinski definition) is 3. The van der Waals surface area contributed by atoms with Gasteiger partial charge in [0, 0.05) is 30.0 Å². The van der Waals surface area contributed by atoms with Crippen molar-refractivity contribution in [1.82, 2.24) is 4.90 Å². The number of nitrogens with two attached hydrogens (primary N) is 1. The van der Waals surface area contributed by atoms with E-state index in [2.05, 4.69) is 17.0 Å². The third-order valence-corrected chi connectivity index (χ3v) is 5.77. The van der Waals surface area contributed by atoms with Crippen molar-refractivity contribution in [3.63, 3.8) is 0 Å². The van der Waals surface area contributed by atoms with E-state index in [0.29, 0.717) is 18.4 Å². The molecule has 4 rings (SSSR count). The Morgan fingerprint density at radius 1 is 1.41 bits per heavy atom. The Balaban J connectivity index is 1.53. The molecule has 3 atom stereocenters. The predicted octanol–water partition coefficient (Wildman–Crippen LogP) is 1.92. The van der Waals surface area contributed by atoms with E-state index in [1.165, 1.54) is 5.56 Å². The van der Waals surface area contributed by atoms with Gasteiger partial charge < -0.3 is 15.4 Å². The molecule has 118 valence electrons. The average molecular weight is 300 g/mol. The van der Waals surface area contributed by atoms with Gasteiger partial charge in [0.15, 0.2) is 0 Å². The summed E-state index contributed by atoms with van der Waals surface area (Å²) in [5, 5.41) is 0. The fraction of sp³-hybridized carbons (Fsp3) is 0.611. The van der Waals surface area contributed by atoms with Gasteiger partial charge in [-0.3, -0.25) is 4.79 Å². The highest BCUT2D eigenvalue weighted by Crippen LogP contribution is 2.61. The van der Waals surface area contributed by atoms with Crippen molar-refractivity contribution in [2.24, 2.45) is 17.6 Å². The highest BCUT2D eigenvalue weighted by Gasteiger charge is 2.61. The normalized spacial score (nSPS) is 33.2. The number of ether oxygens (including phenoxy) is 1. The van der Waals surface area contributed by atoms with Crippen LogP contribution in [0.2, 0.25) is 0 Å². The number of para-hydroxylation sites is 1. The fourth-order valence-corrected chi connectivity index (χ4v) is 4.36. The molecule has 22 heavy (non-hydrogen) atoms. The number of benzene rings is 1. The van der Waals surface area contributed by atoms with Crippen molar-refractivity contribution >= 4 is 5.91 Å². The molecular weight excluding hydrogens is 276 g/mol. The highest BCUT2D eigenvalue weighted by molar-refractivity contribution is 5.85. The first-order valence-electron chi connectivity index (χ1n) is 8.46. The van der Waals surface area contributed by atoms with Crippen molar-refractivity contribution in [2.75, 3.05) is 26.2 Å². The Morgan fingerprint density at radius 2 is 2.27 bits per heavy atom. The summed E-state index contributed by atoms with van der Waals surface area (Å²) in [6.45, 7) is 3.17. The molecule has 1 aliphatic carbocycles. The third-order valence-electron chi connectivity index (χ3n) is 5.77. The minimum atomic E-state index is 0.0432. The number of hydrogen-bond donors (Lipinski definition) is 1. The van der Waals surface area contributed by atoms with E-state index < -0.39 is 0 Å². The smallest absolute Gasteiger partial charge is 0.226 e. The molecule has 3 aliphatic rings. The number of likely N-dealkylation sites (tertiary alicyclic amines) is 1. The summed E-state index contributed by atoms with van der Waals surface area (Å²) in [4.78, 5) is 15.0. The Morgan fingerprint density at radius 3 is 3.14 bits per heavy atom. The van der Waals surface area contributed by atoms with Gasteiger partial charge in [-0.2, -0.15) is 0 Å². The zero-order chi connectivity index (χ0) is 15.2. The fourth-order valence-electron chi connectivity index (χ4n) is 4.36.